The average Bonchev–Trinajstić information content (AvgIpc) is 2.76. The molecule has 2 aromatic rings. The van der Waals surface area contributed by atoms with Gasteiger partial charge in [-0.15, -0.1) is 0 Å². The van der Waals surface area contributed by atoms with Crippen molar-refractivity contribution in [2.24, 2.45) is 4.99 Å². The van der Waals surface area contributed by atoms with E-state index in [1.165, 1.54) is 5.56 Å². The largest absolute Gasteiger partial charge is 0.310 e. The zero-order valence-corrected chi connectivity index (χ0v) is 14.2. The normalized spacial score (nSPS) is 14.1. The van der Waals surface area contributed by atoms with Crippen molar-refractivity contribution in [2.45, 2.75) is 32.6 Å². The molecule has 0 aliphatic carbocycles. The van der Waals surface area contributed by atoms with Crippen molar-refractivity contribution in [3.8, 4) is 0 Å². The number of anilines is 1. The highest BCUT2D eigenvalue weighted by atomic mass is 16.2. The Bertz CT molecular complexity index is 722. The van der Waals surface area contributed by atoms with Crippen LogP contribution in [0.2, 0.25) is 0 Å². The van der Waals surface area contributed by atoms with Gasteiger partial charge in [-0.1, -0.05) is 61.9 Å². The Morgan fingerprint density at radius 2 is 1.75 bits per heavy atom. The highest BCUT2D eigenvalue weighted by Crippen LogP contribution is 2.26. The molecule has 3 heteroatoms. The van der Waals surface area contributed by atoms with E-state index >= 15 is 0 Å². The molecule has 0 saturated carbocycles. The van der Waals surface area contributed by atoms with Crippen LogP contribution in [0.4, 0.5) is 5.69 Å². The maximum atomic E-state index is 12.5. The number of benzodiazepines with no additional fused rings is 1. The van der Waals surface area contributed by atoms with Crippen LogP contribution < -0.4 is 4.90 Å². The summed E-state index contributed by atoms with van der Waals surface area (Å²) in [7, 11) is 0. The summed E-state index contributed by atoms with van der Waals surface area (Å²) in [5, 5.41) is 0. The summed E-state index contributed by atoms with van der Waals surface area (Å²) < 4.78 is 0. The molecule has 0 spiro atoms. The van der Waals surface area contributed by atoms with Crippen molar-refractivity contribution >= 4 is 17.3 Å². The highest BCUT2D eigenvalue weighted by Gasteiger charge is 2.23. The van der Waals surface area contributed by atoms with Crippen molar-refractivity contribution in [3.05, 3.63) is 65.7 Å². The summed E-state index contributed by atoms with van der Waals surface area (Å²) in [5.74, 6) is 0.102. The van der Waals surface area contributed by atoms with Crippen LogP contribution in [0.3, 0.4) is 0 Å². The third-order valence-electron chi connectivity index (χ3n) is 4.44. The van der Waals surface area contributed by atoms with E-state index < -0.39 is 0 Å². The Hall–Kier alpha value is -2.42. The lowest BCUT2D eigenvalue weighted by atomic mass is 10.00. The van der Waals surface area contributed by atoms with Crippen molar-refractivity contribution < 1.29 is 4.79 Å². The Balaban J connectivity index is 1.85. The number of aryl methyl sites for hydroxylation is 1. The predicted octanol–water partition coefficient (Wildman–Crippen LogP) is 4.26. The number of aliphatic imine (C=N–C) groups is 1. The highest BCUT2D eigenvalue weighted by molar-refractivity contribution is 6.11. The molecule has 1 aliphatic rings. The lowest BCUT2D eigenvalue weighted by molar-refractivity contribution is -0.117. The monoisotopic (exact) mass is 320 g/mol. The van der Waals surface area contributed by atoms with Crippen LogP contribution in [0.1, 0.15) is 37.3 Å². The number of para-hydroxylation sites is 1. The fourth-order valence-corrected chi connectivity index (χ4v) is 3.10. The summed E-state index contributed by atoms with van der Waals surface area (Å²) in [4.78, 5) is 19.1. The second-order valence-corrected chi connectivity index (χ2v) is 6.16. The smallest absolute Gasteiger partial charge is 0.248 e. The molecule has 0 aromatic heterocycles. The molecule has 0 N–H and O–H groups in total. The number of hydrogen-bond acceptors (Lipinski definition) is 2. The molecule has 0 unspecified atom stereocenters. The van der Waals surface area contributed by atoms with Gasteiger partial charge in [-0.25, -0.2) is 0 Å². The first kappa shape index (κ1) is 16.4. The number of carbonyl (C=O) groups excluding carboxylic acids is 1. The fourth-order valence-electron chi connectivity index (χ4n) is 3.10. The molecule has 24 heavy (non-hydrogen) atoms. The first-order chi connectivity index (χ1) is 11.8. The van der Waals surface area contributed by atoms with Crippen LogP contribution in [0.15, 0.2) is 59.6 Å². The summed E-state index contributed by atoms with van der Waals surface area (Å²) in [6.45, 7) is 3.17. The molecule has 0 radical (unpaired) electrons. The van der Waals surface area contributed by atoms with Crippen LogP contribution in [0.25, 0.3) is 0 Å². The average molecular weight is 320 g/mol. The number of fused-ring (bicyclic) bond motifs is 1. The Morgan fingerprint density at radius 3 is 2.54 bits per heavy atom. The number of nitrogens with zero attached hydrogens (tertiary/aromatic N) is 2. The fraction of sp³-hybridized carbons (Fsp3) is 0.333. The topological polar surface area (TPSA) is 32.7 Å². The van der Waals surface area contributed by atoms with Crippen molar-refractivity contribution in [3.63, 3.8) is 0 Å². The lowest BCUT2D eigenvalue weighted by Gasteiger charge is -2.22. The molecular formula is C21H24N2O. The van der Waals surface area contributed by atoms with Crippen molar-refractivity contribution in [2.75, 3.05) is 18.0 Å². The van der Waals surface area contributed by atoms with E-state index in [1.54, 1.807) is 0 Å². The predicted molar refractivity (Wildman–Crippen MR) is 99.9 cm³/mol. The van der Waals surface area contributed by atoms with E-state index in [0.717, 1.165) is 49.2 Å². The van der Waals surface area contributed by atoms with Gasteiger partial charge in [-0.3, -0.25) is 9.79 Å². The first-order valence-corrected chi connectivity index (χ1v) is 8.76. The molecule has 1 aliphatic heterocycles. The number of unbranched alkanes of at least 4 members (excludes halogenated alkanes) is 1. The number of amides is 1. The molecule has 3 nitrogen and oxygen atoms in total. The van der Waals surface area contributed by atoms with E-state index in [2.05, 4.69) is 42.2 Å². The zero-order chi connectivity index (χ0) is 16.8. The molecule has 0 atom stereocenters. The SMILES string of the molecule is CCCCN1C(=O)CN=C(CCc2ccccc2)c2ccccc21. The van der Waals surface area contributed by atoms with Gasteiger partial charge >= 0.3 is 0 Å². The van der Waals surface area contributed by atoms with Gasteiger partial charge in [-0.05, 0) is 30.9 Å². The van der Waals surface area contributed by atoms with Crippen LogP contribution in [0.5, 0.6) is 0 Å². The molecule has 0 fully saturated rings. The first-order valence-electron chi connectivity index (χ1n) is 8.76. The van der Waals surface area contributed by atoms with Gasteiger partial charge in [0.1, 0.15) is 6.54 Å². The second-order valence-electron chi connectivity index (χ2n) is 6.16. The van der Waals surface area contributed by atoms with Gasteiger partial charge in [0, 0.05) is 17.8 Å². The van der Waals surface area contributed by atoms with E-state index in [1.807, 2.05) is 29.2 Å². The van der Waals surface area contributed by atoms with Crippen LogP contribution in [0, 0.1) is 0 Å². The molecule has 124 valence electrons. The van der Waals surface area contributed by atoms with Gasteiger partial charge in [0.05, 0.1) is 5.69 Å². The van der Waals surface area contributed by atoms with Gasteiger partial charge < -0.3 is 4.90 Å². The van der Waals surface area contributed by atoms with Gasteiger partial charge in [0.2, 0.25) is 5.91 Å². The van der Waals surface area contributed by atoms with Crippen LogP contribution in [-0.4, -0.2) is 24.7 Å². The van der Waals surface area contributed by atoms with E-state index in [9.17, 15) is 4.79 Å². The van der Waals surface area contributed by atoms with Crippen molar-refractivity contribution in [1.29, 1.82) is 0 Å². The molecule has 0 bridgehead atoms. The standard InChI is InChI=1S/C21H24N2O/c1-2-3-15-23-20-12-8-7-11-18(20)19(22-16-21(23)24)14-13-17-9-5-4-6-10-17/h4-12H,2-3,13-16H2,1H3. The molecule has 3 rings (SSSR count). The lowest BCUT2D eigenvalue weighted by Crippen LogP contribution is -2.33. The summed E-state index contributed by atoms with van der Waals surface area (Å²) in [6.07, 6.45) is 3.89. The van der Waals surface area contributed by atoms with Gasteiger partial charge in [0.15, 0.2) is 0 Å². The third kappa shape index (κ3) is 3.73. The van der Waals surface area contributed by atoms with Crippen LogP contribution >= 0.6 is 0 Å². The number of rotatable bonds is 6. The third-order valence-corrected chi connectivity index (χ3v) is 4.44. The van der Waals surface area contributed by atoms with Crippen molar-refractivity contribution in [1.82, 2.24) is 0 Å². The molecule has 0 saturated heterocycles. The molecule has 2 aromatic carbocycles. The summed E-state index contributed by atoms with van der Waals surface area (Å²) in [6, 6.07) is 18.6. The number of benzene rings is 2. The quantitative estimate of drug-likeness (QED) is 0.783. The Kier molecular flexibility index (Phi) is 5.42. The maximum Gasteiger partial charge on any atom is 0.248 e. The maximum absolute atomic E-state index is 12.5. The van der Waals surface area contributed by atoms with E-state index in [0.29, 0.717) is 0 Å². The molecular weight excluding hydrogens is 296 g/mol. The zero-order valence-electron chi connectivity index (χ0n) is 14.2. The Morgan fingerprint density at radius 1 is 1.00 bits per heavy atom. The van der Waals surface area contributed by atoms with Crippen LogP contribution in [-0.2, 0) is 11.2 Å². The van der Waals surface area contributed by atoms with Gasteiger partial charge in [0.25, 0.3) is 0 Å². The second kappa shape index (κ2) is 7.91. The minimum Gasteiger partial charge on any atom is -0.310 e. The summed E-state index contributed by atoms with van der Waals surface area (Å²) >= 11 is 0. The number of hydrogen-bond donors (Lipinski definition) is 0. The molecule has 1 amide bonds. The van der Waals surface area contributed by atoms with E-state index in [4.69, 9.17) is 0 Å². The summed E-state index contributed by atoms with van der Waals surface area (Å²) in [5.41, 5.74) is 4.47. The number of carbonyl (C=O) groups is 1. The molecule has 1 heterocycles. The minimum absolute atomic E-state index is 0.102. The minimum atomic E-state index is 0.102. The van der Waals surface area contributed by atoms with E-state index in [-0.39, 0.29) is 12.5 Å². The van der Waals surface area contributed by atoms with Gasteiger partial charge in [-0.2, -0.15) is 0 Å². The Labute approximate surface area is 144 Å².